The Morgan fingerprint density at radius 1 is 1.17 bits per heavy atom. The molecule has 0 bridgehead atoms. The van der Waals surface area contributed by atoms with E-state index in [-0.39, 0.29) is 18.4 Å². The number of carbonyl (C=O) groups excluding carboxylic acids is 1. The van der Waals surface area contributed by atoms with Gasteiger partial charge in [0.15, 0.2) is 5.13 Å². The maximum Gasteiger partial charge on any atom is 0.252 e. The van der Waals surface area contributed by atoms with E-state index < -0.39 is 10.0 Å². The van der Waals surface area contributed by atoms with Crippen LogP contribution in [0.1, 0.15) is 43.9 Å². The smallest absolute Gasteiger partial charge is 0.252 e. The topological polar surface area (TPSA) is 83.7 Å². The molecule has 1 aliphatic rings. The number of anilines is 1. The number of fused-ring (bicyclic) bond motifs is 1. The first kappa shape index (κ1) is 24.2. The van der Waals surface area contributed by atoms with E-state index in [0.29, 0.717) is 47.0 Å². The second-order valence-electron chi connectivity index (χ2n) is 8.96. The molecule has 10 heteroatoms. The van der Waals surface area contributed by atoms with Gasteiger partial charge in [-0.3, -0.25) is 9.69 Å². The molecule has 1 saturated heterocycles. The lowest BCUT2D eigenvalue weighted by molar-refractivity contribution is -0.123. The van der Waals surface area contributed by atoms with Crippen LogP contribution in [0.3, 0.4) is 0 Å². The van der Waals surface area contributed by atoms with Crippen LogP contribution < -0.4 is 4.90 Å². The molecule has 7 nitrogen and oxygen atoms in total. The predicted octanol–water partition coefficient (Wildman–Crippen LogP) is 5.71. The molecule has 1 aliphatic heterocycles. The molecule has 0 atom stereocenters. The predicted molar refractivity (Wildman–Crippen MR) is 139 cm³/mol. The lowest BCUT2D eigenvalue weighted by Crippen LogP contribution is -2.44. The van der Waals surface area contributed by atoms with Gasteiger partial charge in [0.1, 0.15) is 9.97 Å². The number of thiophene rings is 1. The molecule has 4 aromatic rings. The summed E-state index contributed by atoms with van der Waals surface area (Å²) in [5, 5.41) is 2.40. The van der Waals surface area contributed by atoms with E-state index in [4.69, 9.17) is 9.40 Å². The van der Waals surface area contributed by atoms with Crippen LogP contribution in [0.4, 0.5) is 5.13 Å². The third-order valence-electron chi connectivity index (χ3n) is 6.34. The summed E-state index contributed by atoms with van der Waals surface area (Å²) in [5.41, 5.74) is 2.08. The summed E-state index contributed by atoms with van der Waals surface area (Å²) >= 11 is 2.72. The standard InChI is InChI=1S/C25H27N3O4S3/c1-17(2)20-7-3-8-21-23(20)26-25(34-21)28(16-19-6-4-14-32-19)24(29)18-10-12-27(13-11-18)35(30,31)22-9-5-15-33-22/h3-9,14-15,17-18H,10-13,16H2,1-2H3. The highest BCUT2D eigenvalue weighted by atomic mass is 32.2. The monoisotopic (exact) mass is 529 g/mol. The molecule has 3 aromatic heterocycles. The molecule has 5 rings (SSSR count). The van der Waals surface area contributed by atoms with Crippen molar-refractivity contribution in [2.45, 2.75) is 43.4 Å². The summed E-state index contributed by atoms with van der Waals surface area (Å²) in [6, 6.07) is 13.2. The third-order valence-corrected chi connectivity index (χ3v) is 10.7. The van der Waals surface area contributed by atoms with Crippen LogP contribution >= 0.6 is 22.7 Å². The molecule has 1 amide bonds. The van der Waals surface area contributed by atoms with Crippen LogP contribution in [0.25, 0.3) is 10.2 Å². The Bertz CT molecular complexity index is 1400. The van der Waals surface area contributed by atoms with E-state index in [2.05, 4.69) is 19.9 Å². The maximum absolute atomic E-state index is 13.8. The minimum atomic E-state index is -3.51. The van der Waals surface area contributed by atoms with Crippen molar-refractivity contribution in [2.75, 3.05) is 18.0 Å². The highest BCUT2D eigenvalue weighted by Crippen LogP contribution is 2.36. The molecule has 0 N–H and O–H groups in total. The van der Waals surface area contributed by atoms with Crippen molar-refractivity contribution in [3.8, 4) is 0 Å². The number of nitrogens with zero attached hydrogens (tertiary/aromatic N) is 3. The first-order chi connectivity index (χ1) is 16.8. The molecular formula is C25H27N3O4S3. The van der Waals surface area contributed by atoms with Gasteiger partial charge >= 0.3 is 0 Å². The average Bonchev–Trinajstić information content (AvgIpc) is 3.63. The summed E-state index contributed by atoms with van der Waals surface area (Å²) in [7, 11) is -3.51. The highest BCUT2D eigenvalue weighted by molar-refractivity contribution is 7.91. The van der Waals surface area contributed by atoms with E-state index in [1.807, 2.05) is 18.2 Å². The van der Waals surface area contributed by atoms with Gasteiger partial charge < -0.3 is 4.42 Å². The summed E-state index contributed by atoms with van der Waals surface area (Å²) in [6.45, 7) is 5.21. The Hall–Kier alpha value is -2.53. The van der Waals surface area contributed by atoms with Gasteiger partial charge in [-0.05, 0) is 54.0 Å². The van der Waals surface area contributed by atoms with Crippen LogP contribution in [0.15, 0.2) is 62.7 Å². The van der Waals surface area contributed by atoms with Gasteiger partial charge in [0.2, 0.25) is 5.91 Å². The largest absolute Gasteiger partial charge is 0.467 e. The maximum atomic E-state index is 13.8. The Balaban J connectivity index is 1.40. The van der Waals surface area contributed by atoms with E-state index in [1.54, 1.807) is 34.7 Å². The zero-order valence-corrected chi connectivity index (χ0v) is 22.0. The van der Waals surface area contributed by atoms with Crippen molar-refractivity contribution in [1.29, 1.82) is 0 Å². The Morgan fingerprint density at radius 2 is 1.97 bits per heavy atom. The second kappa shape index (κ2) is 9.85. The van der Waals surface area contributed by atoms with Gasteiger partial charge in [0, 0.05) is 19.0 Å². The highest BCUT2D eigenvalue weighted by Gasteiger charge is 2.35. The van der Waals surface area contributed by atoms with Crippen molar-refractivity contribution >= 4 is 54.0 Å². The first-order valence-electron chi connectivity index (χ1n) is 11.6. The summed E-state index contributed by atoms with van der Waals surface area (Å²) in [6.07, 6.45) is 2.54. The number of furan rings is 1. The van der Waals surface area contributed by atoms with Crippen LogP contribution in [0, 0.1) is 5.92 Å². The van der Waals surface area contributed by atoms with Crippen molar-refractivity contribution < 1.29 is 17.6 Å². The van der Waals surface area contributed by atoms with Gasteiger partial charge in [0.05, 0.1) is 23.0 Å². The Kier molecular flexibility index (Phi) is 6.80. The number of amides is 1. The number of thiazole rings is 1. The zero-order valence-electron chi connectivity index (χ0n) is 19.6. The number of rotatable bonds is 7. The van der Waals surface area contributed by atoms with Gasteiger partial charge in [-0.15, -0.1) is 11.3 Å². The van der Waals surface area contributed by atoms with E-state index in [0.717, 1.165) is 15.8 Å². The normalized spacial score (nSPS) is 15.7. The molecule has 0 spiro atoms. The molecule has 1 fully saturated rings. The zero-order chi connectivity index (χ0) is 24.6. The van der Waals surface area contributed by atoms with Crippen molar-refractivity contribution in [1.82, 2.24) is 9.29 Å². The molecule has 184 valence electrons. The summed E-state index contributed by atoms with van der Waals surface area (Å²) < 4.78 is 34.2. The first-order valence-corrected chi connectivity index (χ1v) is 14.7. The molecule has 0 saturated carbocycles. The van der Waals surface area contributed by atoms with Gasteiger partial charge in [-0.2, -0.15) is 4.31 Å². The van der Waals surface area contributed by atoms with Crippen LogP contribution in [0.5, 0.6) is 0 Å². The number of carbonyl (C=O) groups is 1. The number of benzene rings is 1. The Morgan fingerprint density at radius 3 is 2.63 bits per heavy atom. The van der Waals surface area contributed by atoms with Gasteiger partial charge in [-0.25, -0.2) is 13.4 Å². The van der Waals surface area contributed by atoms with Crippen molar-refractivity contribution in [3.05, 3.63) is 65.4 Å². The molecule has 35 heavy (non-hydrogen) atoms. The molecule has 4 heterocycles. The van der Waals surface area contributed by atoms with Gasteiger partial charge in [0.25, 0.3) is 10.0 Å². The number of para-hydroxylation sites is 1. The fourth-order valence-electron chi connectivity index (χ4n) is 4.44. The van der Waals surface area contributed by atoms with E-state index in [1.165, 1.54) is 27.0 Å². The van der Waals surface area contributed by atoms with Crippen LogP contribution in [-0.2, 0) is 21.4 Å². The van der Waals surface area contributed by atoms with Crippen LogP contribution in [0.2, 0.25) is 0 Å². The van der Waals surface area contributed by atoms with E-state index >= 15 is 0 Å². The minimum absolute atomic E-state index is 0.0419. The molecule has 0 radical (unpaired) electrons. The number of piperidine rings is 1. The fraction of sp³-hybridized carbons (Fsp3) is 0.360. The average molecular weight is 530 g/mol. The SMILES string of the molecule is CC(C)c1cccc2sc(N(Cc3ccco3)C(=O)C3CCN(S(=O)(=O)c4cccs4)CC3)nc12. The molecule has 0 unspecified atom stereocenters. The Labute approximate surface area is 213 Å². The molecule has 0 aliphatic carbocycles. The lowest BCUT2D eigenvalue weighted by atomic mass is 9.96. The van der Waals surface area contributed by atoms with E-state index in [9.17, 15) is 13.2 Å². The quantitative estimate of drug-likeness (QED) is 0.306. The number of sulfonamides is 1. The fourth-order valence-corrected chi connectivity index (χ4v) is 8.06. The summed E-state index contributed by atoms with van der Waals surface area (Å²) in [4.78, 5) is 20.4. The molecule has 1 aromatic carbocycles. The second-order valence-corrected chi connectivity index (χ2v) is 13.1. The van der Waals surface area contributed by atoms with Crippen molar-refractivity contribution in [2.24, 2.45) is 5.92 Å². The minimum Gasteiger partial charge on any atom is -0.467 e. The number of hydrogen-bond acceptors (Lipinski definition) is 7. The lowest BCUT2D eigenvalue weighted by Gasteiger charge is -2.32. The summed E-state index contributed by atoms with van der Waals surface area (Å²) in [5.74, 6) is 0.674. The molecular weight excluding hydrogens is 502 g/mol. The number of aromatic nitrogens is 1. The third kappa shape index (κ3) is 4.80. The van der Waals surface area contributed by atoms with Crippen LogP contribution in [-0.4, -0.2) is 36.7 Å². The van der Waals surface area contributed by atoms with Crippen molar-refractivity contribution in [3.63, 3.8) is 0 Å². The number of hydrogen-bond donors (Lipinski definition) is 0. The van der Waals surface area contributed by atoms with Gasteiger partial charge in [-0.1, -0.05) is 43.4 Å².